The fourth-order valence-electron chi connectivity index (χ4n) is 3.19. The summed E-state index contributed by atoms with van der Waals surface area (Å²) < 4.78 is 16.6. The first-order valence-electron chi connectivity index (χ1n) is 10.3. The minimum Gasteiger partial charge on any atom is -0.490 e. The zero-order valence-electron chi connectivity index (χ0n) is 17.8. The van der Waals surface area contributed by atoms with Gasteiger partial charge in [-0.2, -0.15) is 0 Å². The van der Waals surface area contributed by atoms with Gasteiger partial charge < -0.3 is 24.8 Å². The van der Waals surface area contributed by atoms with Crippen LogP contribution in [0, 0.1) is 0 Å². The summed E-state index contributed by atoms with van der Waals surface area (Å²) >= 11 is 0. The van der Waals surface area contributed by atoms with E-state index < -0.39 is 12.0 Å². The molecule has 0 bridgehead atoms. The first-order valence-corrected chi connectivity index (χ1v) is 10.3. The molecule has 2 rings (SSSR count). The number of urea groups is 1. The van der Waals surface area contributed by atoms with Crippen LogP contribution in [-0.2, 0) is 9.53 Å². The number of amides is 2. The number of hydrogen-bond donors (Lipinski definition) is 2. The van der Waals surface area contributed by atoms with Crippen LogP contribution in [0.15, 0.2) is 29.5 Å². The molecule has 1 heterocycles. The van der Waals surface area contributed by atoms with E-state index in [0.29, 0.717) is 42.4 Å². The number of allylic oxidation sites excluding steroid dienone is 1. The number of hydrogen-bond acceptors (Lipinski definition) is 5. The van der Waals surface area contributed by atoms with Crippen molar-refractivity contribution in [2.75, 3.05) is 20.3 Å². The van der Waals surface area contributed by atoms with E-state index in [4.69, 9.17) is 14.2 Å². The molecule has 1 aliphatic heterocycles. The van der Waals surface area contributed by atoms with Gasteiger partial charge in [-0.25, -0.2) is 9.59 Å². The van der Waals surface area contributed by atoms with Crippen molar-refractivity contribution in [3.05, 3.63) is 35.0 Å². The molecule has 0 radical (unpaired) electrons. The van der Waals surface area contributed by atoms with Crippen LogP contribution in [0.25, 0.3) is 0 Å². The van der Waals surface area contributed by atoms with Crippen molar-refractivity contribution in [1.29, 1.82) is 0 Å². The van der Waals surface area contributed by atoms with E-state index in [1.807, 2.05) is 25.1 Å². The average molecular weight is 405 g/mol. The van der Waals surface area contributed by atoms with Gasteiger partial charge in [0, 0.05) is 5.70 Å². The zero-order chi connectivity index (χ0) is 21.2. The summed E-state index contributed by atoms with van der Waals surface area (Å²) in [7, 11) is 1.34. The lowest BCUT2D eigenvalue weighted by atomic mass is 9.93. The normalized spacial score (nSPS) is 16.1. The highest BCUT2D eigenvalue weighted by atomic mass is 16.5. The molecule has 160 valence electrons. The lowest BCUT2D eigenvalue weighted by Gasteiger charge is -2.29. The van der Waals surface area contributed by atoms with Gasteiger partial charge in [-0.05, 0) is 43.9 Å². The van der Waals surface area contributed by atoms with Crippen LogP contribution >= 0.6 is 0 Å². The van der Waals surface area contributed by atoms with E-state index in [1.54, 1.807) is 0 Å². The second-order valence-electron chi connectivity index (χ2n) is 6.86. The monoisotopic (exact) mass is 404 g/mol. The molecule has 1 aromatic carbocycles. The fourth-order valence-corrected chi connectivity index (χ4v) is 3.19. The van der Waals surface area contributed by atoms with Crippen LogP contribution in [0.4, 0.5) is 4.79 Å². The zero-order valence-corrected chi connectivity index (χ0v) is 17.8. The molecule has 7 nitrogen and oxygen atoms in total. The molecule has 0 aromatic heterocycles. The van der Waals surface area contributed by atoms with Crippen molar-refractivity contribution in [2.24, 2.45) is 0 Å². The smallest absolute Gasteiger partial charge is 0.337 e. The van der Waals surface area contributed by atoms with Gasteiger partial charge in [0.15, 0.2) is 11.5 Å². The minimum absolute atomic E-state index is 0.338. The third-order valence-electron chi connectivity index (χ3n) is 4.70. The van der Waals surface area contributed by atoms with Crippen molar-refractivity contribution in [3.8, 4) is 11.5 Å². The maximum atomic E-state index is 12.6. The van der Waals surface area contributed by atoms with Gasteiger partial charge in [0.05, 0.1) is 31.9 Å². The Morgan fingerprint density at radius 3 is 2.48 bits per heavy atom. The van der Waals surface area contributed by atoms with Crippen molar-refractivity contribution in [3.63, 3.8) is 0 Å². The standard InChI is InChI=1S/C22H32N2O5/c1-5-8-10-16-19(21(25)27-4)20(24-22(26)23-16)15-11-12-17(29-13-9-6-2)18(14-15)28-7-3/h11-12,14,20H,5-10,13H2,1-4H3,(H2,23,24,26). The summed E-state index contributed by atoms with van der Waals surface area (Å²) in [6.45, 7) is 7.15. The van der Waals surface area contributed by atoms with E-state index in [0.717, 1.165) is 31.2 Å². The molecule has 0 aliphatic carbocycles. The predicted molar refractivity (Wildman–Crippen MR) is 111 cm³/mol. The van der Waals surface area contributed by atoms with Crippen LogP contribution in [0.2, 0.25) is 0 Å². The van der Waals surface area contributed by atoms with E-state index in [9.17, 15) is 9.59 Å². The Morgan fingerprint density at radius 1 is 1.07 bits per heavy atom. The average Bonchev–Trinajstić information content (AvgIpc) is 2.72. The van der Waals surface area contributed by atoms with E-state index in [2.05, 4.69) is 24.5 Å². The van der Waals surface area contributed by atoms with Crippen LogP contribution < -0.4 is 20.1 Å². The Balaban J connectivity index is 2.43. The van der Waals surface area contributed by atoms with Gasteiger partial charge in [-0.3, -0.25) is 0 Å². The Labute approximate surface area is 172 Å². The highest BCUT2D eigenvalue weighted by molar-refractivity contribution is 5.95. The molecular formula is C22H32N2O5. The highest BCUT2D eigenvalue weighted by Crippen LogP contribution is 2.35. The molecule has 1 aromatic rings. The first-order chi connectivity index (χ1) is 14.0. The molecular weight excluding hydrogens is 372 g/mol. The van der Waals surface area contributed by atoms with Crippen LogP contribution in [0.5, 0.6) is 11.5 Å². The number of esters is 1. The van der Waals surface area contributed by atoms with Gasteiger partial charge in [0.25, 0.3) is 0 Å². The van der Waals surface area contributed by atoms with Crippen molar-refractivity contribution in [1.82, 2.24) is 10.6 Å². The van der Waals surface area contributed by atoms with Gasteiger partial charge in [-0.1, -0.05) is 32.8 Å². The quantitative estimate of drug-likeness (QED) is 0.426. The lowest BCUT2D eigenvalue weighted by molar-refractivity contribution is -0.136. The summed E-state index contributed by atoms with van der Waals surface area (Å²) in [5.41, 5.74) is 1.76. The number of carbonyl (C=O) groups is 2. The van der Waals surface area contributed by atoms with E-state index in [1.165, 1.54) is 7.11 Å². The highest BCUT2D eigenvalue weighted by Gasteiger charge is 2.33. The SMILES string of the molecule is CCCCOc1ccc(C2NC(=O)NC(CCCC)=C2C(=O)OC)cc1OCC. The molecule has 0 saturated heterocycles. The summed E-state index contributed by atoms with van der Waals surface area (Å²) in [6.07, 6.45) is 4.40. The molecule has 1 atom stereocenters. The number of carbonyl (C=O) groups excluding carboxylic acids is 2. The number of nitrogens with one attached hydrogen (secondary N) is 2. The summed E-state index contributed by atoms with van der Waals surface area (Å²) in [5.74, 6) is 0.780. The van der Waals surface area contributed by atoms with Gasteiger partial charge in [0.2, 0.25) is 0 Å². The van der Waals surface area contributed by atoms with Crippen LogP contribution in [-0.4, -0.2) is 32.3 Å². The summed E-state index contributed by atoms with van der Waals surface area (Å²) in [4.78, 5) is 24.8. The number of rotatable bonds is 11. The second kappa shape index (κ2) is 11.3. The number of methoxy groups -OCH3 is 1. The molecule has 0 spiro atoms. The van der Waals surface area contributed by atoms with E-state index >= 15 is 0 Å². The first kappa shape index (κ1) is 22.6. The Bertz CT molecular complexity index is 745. The number of unbranched alkanes of at least 4 members (excludes halogenated alkanes) is 2. The maximum Gasteiger partial charge on any atom is 0.337 e. The van der Waals surface area contributed by atoms with Crippen molar-refractivity contribution in [2.45, 2.75) is 58.9 Å². The largest absolute Gasteiger partial charge is 0.490 e. The van der Waals surface area contributed by atoms with Crippen LogP contribution in [0.3, 0.4) is 0 Å². The van der Waals surface area contributed by atoms with Crippen molar-refractivity contribution < 1.29 is 23.8 Å². The Morgan fingerprint density at radius 2 is 1.83 bits per heavy atom. The lowest BCUT2D eigenvalue weighted by Crippen LogP contribution is -2.45. The molecule has 0 saturated carbocycles. The Hall–Kier alpha value is -2.70. The van der Waals surface area contributed by atoms with E-state index in [-0.39, 0.29) is 6.03 Å². The molecule has 2 amide bonds. The number of ether oxygens (including phenoxy) is 3. The van der Waals surface area contributed by atoms with Gasteiger partial charge in [-0.15, -0.1) is 0 Å². The molecule has 7 heteroatoms. The fraction of sp³-hybridized carbons (Fsp3) is 0.545. The maximum absolute atomic E-state index is 12.6. The predicted octanol–water partition coefficient (Wildman–Crippen LogP) is 4.24. The van der Waals surface area contributed by atoms with Crippen molar-refractivity contribution >= 4 is 12.0 Å². The molecule has 1 unspecified atom stereocenters. The number of benzene rings is 1. The molecule has 29 heavy (non-hydrogen) atoms. The summed E-state index contributed by atoms with van der Waals surface area (Å²) in [5, 5.41) is 5.61. The summed E-state index contributed by atoms with van der Waals surface area (Å²) in [6, 6.07) is 4.54. The van der Waals surface area contributed by atoms with Crippen LogP contribution in [0.1, 0.15) is 64.5 Å². The topological polar surface area (TPSA) is 85.9 Å². The molecule has 1 aliphatic rings. The molecule has 2 N–H and O–H groups in total. The second-order valence-corrected chi connectivity index (χ2v) is 6.86. The van der Waals surface area contributed by atoms with Gasteiger partial charge in [0.1, 0.15) is 0 Å². The molecule has 0 fully saturated rings. The third kappa shape index (κ3) is 5.89. The van der Waals surface area contributed by atoms with Gasteiger partial charge >= 0.3 is 12.0 Å². The minimum atomic E-state index is -0.619. The Kier molecular flexibility index (Phi) is 8.83. The third-order valence-corrected chi connectivity index (χ3v) is 4.70.